The highest BCUT2D eigenvalue weighted by atomic mass is 79.9. The number of nitriles is 2. The van der Waals surface area contributed by atoms with Gasteiger partial charge in [0.1, 0.15) is 17.7 Å². The number of non-ortho nitro benzene ring substituents is 1. The third-order valence-corrected chi connectivity index (χ3v) is 2.47. The van der Waals surface area contributed by atoms with Crippen molar-refractivity contribution in [3.05, 3.63) is 44.6 Å². The molecule has 0 aliphatic rings. The summed E-state index contributed by atoms with van der Waals surface area (Å²) in [5.74, 6) is 0. The monoisotopic (exact) mass is 292 g/mol. The summed E-state index contributed by atoms with van der Waals surface area (Å²) < 4.78 is 0.592. The number of nitrogens with one attached hydrogen (secondary N) is 1. The van der Waals surface area contributed by atoms with Crippen molar-refractivity contribution in [2.45, 2.75) is 0 Å². The number of benzene rings is 1. The van der Waals surface area contributed by atoms with Crippen LogP contribution in [0.4, 0.5) is 11.4 Å². The van der Waals surface area contributed by atoms with Crippen molar-refractivity contribution >= 4 is 27.3 Å². The Labute approximate surface area is 105 Å². The summed E-state index contributed by atoms with van der Waals surface area (Å²) in [5, 5.41) is 30.2. The topological polar surface area (TPSA) is 103 Å². The van der Waals surface area contributed by atoms with Crippen molar-refractivity contribution < 1.29 is 4.92 Å². The molecule has 0 heterocycles. The van der Waals surface area contributed by atoms with Gasteiger partial charge in [0.15, 0.2) is 0 Å². The lowest BCUT2D eigenvalue weighted by atomic mass is 10.3. The molecule has 1 aromatic carbocycles. The van der Waals surface area contributed by atoms with Crippen LogP contribution in [0.2, 0.25) is 0 Å². The number of halogens is 1. The zero-order chi connectivity index (χ0) is 12.8. The Morgan fingerprint density at radius 3 is 2.65 bits per heavy atom. The normalized spacial score (nSPS) is 8.65. The minimum Gasteiger partial charge on any atom is -0.359 e. The van der Waals surface area contributed by atoms with Gasteiger partial charge in [-0.2, -0.15) is 10.5 Å². The van der Waals surface area contributed by atoms with Gasteiger partial charge in [0.25, 0.3) is 5.69 Å². The fourth-order valence-corrected chi connectivity index (χ4v) is 1.34. The highest BCUT2D eigenvalue weighted by Gasteiger charge is 2.08. The van der Waals surface area contributed by atoms with E-state index in [1.807, 2.05) is 0 Å². The predicted octanol–water partition coefficient (Wildman–Crippen LogP) is 2.70. The number of anilines is 1. The molecule has 17 heavy (non-hydrogen) atoms. The molecule has 0 spiro atoms. The molecule has 7 heteroatoms. The largest absolute Gasteiger partial charge is 0.359 e. The Balaban J connectivity index is 3.04. The maximum absolute atomic E-state index is 10.6. The Morgan fingerprint density at radius 1 is 1.47 bits per heavy atom. The van der Waals surface area contributed by atoms with Crippen LogP contribution in [0.25, 0.3) is 0 Å². The maximum atomic E-state index is 10.6. The van der Waals surface area contributed by atoms with Crippen LogP contribution >= 0.6 is 15.9 Å². The van der Waals surface area contributed by atoms with Crippen molar-refractivity contribution in [2.24, 2.45) is 0 Å². The minimum absolute atomic E-state index is 0.0837. The lowest BCUT2D eigenvalue weighted by Gasteiger charge is -2.03. The second kappa shape index (κ2) is 5.64. The van der Waals surface area contributed by atoms with Gasteiger partial charge >= 0.3 is 0 Å². The van der Waals surface area contributed by atoms with Crippen molar-refractivity contribution in [2.75, 3.05) is 5.32 Å². The predicted molar refractivity (Wildman–Crippen MR) is 63.7 cm³/mol. The van der Waals surface area contributed by atoms with Gasteiger partial charge in [-0.1, -0.05) is 0 Å². The fraction of sp³-hybridized carbons (Fsp3) is 0. The van der Waals surface area contributed by atoms with Crippen molar-refractivity contribution in [1.29, 1.82) is 10.5 Å². The van der Waals surface area contributed by atoms with Gasteiger partial charge < -0.3 is 5.32 Å². The molecule has 0 radical (unpaired) electrons. The smallest absolute Gasteiger partial charge is 0.271 e. The number of hydrogen-bond donors (Lipinski definition) is 1. The van der Waals surface area contributed by atoms with Gasteiger partial charge in [-0.3, -0.25) is 10.1 Å². The van der Waals surface area contributed by atoms with E-state index in [1.165, 1.54) is 24.4 Å². The Kier molecular flexibility index (Phi) is 4.21. The molecule has 0 aliphatic heterocycles. The highest BCUT2D eigenvalue weighted by molar-refractivity contribution is 9.10. The number of nitrogens with zero attached hydrogens (tertiary/aromatic N) is 3. The van der Waals surface area contributed by atoms with E-state index >= 15 is 0 Å². The third-order valence-electron chi connectivity index (χ3n) is 1.77. The van der Waals surface area contributed by atoms with E-state index in [2.05, 4.69) is 21.2 Å². The van der Waals surface area contributed by atoms with Gasteiger partial charge in [0.05, 0.1) is 10.6 Å². The van der Waals surface area contributed by atoms with E-state index in [-0.39, 0.29) is 11.3 Å². The molecule has 6 nitrogen and oxygen atoms in total. The fourth-order valence-electron chi connectivity index (χ4n) is 0.977. The van der Waals surface area contributed by atoms with Crippen molar-refractivity contribution in [1.82, 2.24) is 0 Å². The summed E-state index contributed by atoms with van der Waals surface area (Å²) in [5.41, 5.74) is 0.199. The minimum atomic E-state index is -0.531. The van der Waals surface area contributed by atoms with E-state index in [9.17, 15) is 10.1 Å². The van der Waals surface area contributed by atoms with Crippen LogP contribution in [0.1, 0.15) is 0 Å². The van der Waals surface area contributed by atoms with Crippen molar-refractivity contribution in [3.63, 3.8) is 0 Å². The molecule has 0 unspecified atom stereocenters. The molecule has 0 saturated carbocycles. The van der Waals surface area contributed by atoms with E-state index < -0.39 is 4.92 Å². The first kappa shape index (κ1) is 12.7. The Morgan fingerprint density at radius 2 is 2.12 bits per heavy atom. The molecular formula is C10H5BrN4O2. The highest BCUT2D eigenvalue weighted by Crippen LogP contribution is 2.27. The molecule has 0 atom stereocenters. The summed E-state index contributed by atoms with van der Waals surface area (Å²) in [6.45, 7) is 0. The molecule has 0 aliphatic carbocycles. The zero-order valence-electron chi connectivity index (χ0n) is 8.35. The number of nitro benzene ring substituents is 1. The first-order valence-corrected chi connectivity index (χ1v) is 5.08. The lowest BCUT2D eigenvalue weighted by molar-refractivity contribution is -0.384. The average Bonchev–Trinajstić information content (AvgIpc) is 2.32. The van der Waals surface area contributed by atoms with Crippen LogP contribution in [0.15, 0.2) is 34.4 Å². The number of hydrogen-bond acceptors (Lipinski definition) is 5. The van der Waals surface area contributed by atoms with Crippen molar-refractivity contribution in [3.8, 4) is 12.1 Å². The molecule has 84 valence electrons. The second-order valence-electron chi connectivity index (χ2n) is 2.85. The number of allylic oxidation sites excluding steroid dienone is 1. The van der Waals surface area contributed by atoms with E-state index in [0.29, 0.717) is 10.2 Å². The standard InChI is InChI=1S/C10H5BrN4O2/c11-9-2-1-8(15(16)17)3-10(9)14-6-7(4-12)5-13/h1-3,6,14H. The molecule has 1 N–H and O–H groups in total. The molecule has 1 rings (SSSR count). The summed E-state index contributed by atoms with van der Waals surface area (Å²) in [6, 6.07) is 7.48. The van der Waals surface area contributed by atoms with Gasteiger partial charge in [0, 0.05) is 22.8 Å². The summed E-state index contributed by atoms with van der Waals surface area (Å²) >= 11 is 3.19. The molecular weight excluding hydrogens is 288 g/mol. The first-order valence-electron chi connectivity index (χ1n) is 4.29. The quantitative estimate of drug-likeness (QED) is 0.524. The second-order valence-corrected chi connectivity index (χ2v) is 3.70. The van der Waals surface area contributed by atoms with Gasteiger partial charge in [-0.25, -0.2) is 0 Å². The zero-order valence-corrected chi connectivity index (χ0v) is 9.93. The maximum Gasteiger partial charge on any atom is 0.271 e. The van der Waals surface area contributed by atoms with Crippen LogP contribution in [0.3, 0.4) is 0 Å². The molecule has 0 bridgehead atoms. The van der Waals surface area contributed by atoms with Gasteiger partial charge in [-0.05, 0) is 22.0 Å². The number of rotatable bonds is 3. The molecule has 1 aromatic rings. The van der Waals surface area contributed by atoms with Crippen LogP contribution in [-0.4, -0.2) is 4.92 Å². The Hall–Kier alpha value is -2.38. The van der Waals surface area contributed by atoms with Crippen LogP contribution in [0, 0.1) is 32.8 Å². The van der Waals surface area contributed by atoms with Crippen LogP contribution < -0.4 is 5.32 Å². The Bertz CT molecular complexity index is 553. The summed E-state index contributed by atoms with van der Waals surface area (Å²) in [7, 11) is 0. The SMILES string of the molecule is N#CC(C#N)=CNc1cc([N+](=O)[O-])ccc1Br. The molecule has 0 amide bonds. The first-order chi connectivity index (χ1) is 8.08. The van der Waals surface area contributed by atoms with E-state index in [0.717, 1.165) is 0 Å². The molecule has 0 aromatic heterocycles. The number of nitro groups is 1. The molecule has 0 saturated heterocycles. The van der Waals surface area contributed by atoms with Crippen LogP contribution in [-0.2, 0) is 0 Å². The lowest BCUT2D eigenvalue weighted by Crippen LogP contribution is -1.94. The van der Waals surface area contributed by atoms with E-state index in [4.69, 9.17) is 10.5 Å². The van der Waals surface area contributed by atoms with Crippen LogP contribution in [0.5, 0.6) is 0 Å². The van der Waals surface area contributed by atoms with Gasteiger partial charge in [-0.15, -0.1) is 0 Å². The van der Waals surface area contributed by atoms with Gasteiger partial charge in [0.2, 0.25) is 0 Å². The third kappa shape index (κ3) is 3.30. The molecule has 0 fully saturated rings. The summed E-state index contributed by atoms with van der Waals surface area (Å²) in [6.07, 6.45) is 1.18. The average molecular weight is 293 g/mol. The summed E-state index contributed by atoms with van der Waals surface area (Å²) in [4.78, 5) is 10.0. The van der Waals surface area contributed by atoms with E-state index in [1.54, 1.807) is 12.1 Å².